The number of hydrogen-bond acceptors (Lipinski definition) is 4. The van der Waals surface area contributed by atoms with Gasteiger partial charge in [-0.15, -0.1) is 0 Å². The van der Waals surface area contributed by atoms with Crippen molar-refractivity contribution in [2.24, 2.45) is 0 Å². The van der Waals surface area contributed by atoms with Gasteiger partial charge in [0, 0.05) is 3.57 Å². The number of hydrogen-bond donors (Lipinski definition) is 1. The molecule has 0 amide bonds. The molecule has 6 heteroatoms. The lowest BCUT2D eigenvalue weighted by Gasteiger charge is -2.21. The van der Waals surface area contributed by atoms with E-state index in [0.29, 0.717) is 0 Å². The Bertz CT molecular complexity index is 644. The molecular weight excluding hydrogens is 423 g/mol. The van der Waals surface area contributed by atoms with Gasteiger partial charge in [-0.3, -0.25) is 4.79 Å². The Labute approximate surface area is 156 Å². The number of esters is 1. The van der Waals surface area contributed by atoms with Gasteiger partial charge in [0.05, 0.1) is 13.0 Å². The minimum Gasteiger partial charge on any atom is -0.481 e. The summed E-state index contributed by atoms with van der Waals surface area (Å²) < 4.78 is 11.8. The van der Waals surface area contributed by atoms with Crippen molar-refractivity contribution in [3.05, 3.63) is 31.4 Å². The predicted octanol–water partition coefficient (Wildman–Crippen LogP) is 3.70. The van der Waals surface area contributed by atoms with Crippen LogP contribution >= 0.6 is 22.6 Å². The van der Waals surface area contributed by atoms with E-state index in [1.54, 1.807) is 20.8 Å². The molecule has 1 aromatic rings. The summed E-state index contributed by atoms with van der Waals surface area (Å²) in [6.07, 6.45) is -0.0208. The van der Waals surface area contributed by atoms with Crippen molar-refractivity contribution >= 4 is 34.5 Å². The Balaban J connectivity index is 2.94. The Morgan fingerprint density at radius 3 is 2.08 bits per heavy atom. The molecule has 5 nitrogen and oxygen atoms in total. The molecule has 1 aromatic carbocycles. The molecule has 1 rings (SSSR count). The van der Waals surface area contributed by atoms with Crippen molar-refractivity contribution in [2.75, 3.05) is 6.61 Å². The lowest BCUT2D eigenvalue weighted by atomic mass is 9.92. The molecule has 24 heavy (non-hydrogen) atoms. The first-order valence-corrected chi connectivity index (χ1v) is 8.80. The zero-order valence-corrected chi connectivity index (χ0v) is 17.2. The SMILES string of the molecule is Cc1c(I)c(C)c(CC(=O)O)c(C)c1COCC(=O)OC(C)(C)C. The molecule has 134 valence electrons. The summed E-state index contributed by atoms with van der Waals surface area (Å²) in [5.41, 5.74) is 4.17. The molecule has 1 N–H and O–H groups in total. The van der Waals surface area contributed by atoms with Crippen LogP contribution in [0.15, 0.2) is 0 Å². The van der Waals surface area contributed by atoms with Crippen molar-refractivity contribution in [1.82, 2.24) is 0 Å². The highest BCUT2D eigenvalue weighted by atomic mass is 127. The molecule has 0 radical (unpaired) electrons. The van der Waals surface area contributed by atoms with Crippen molar-refractivity contribution in [3.8, 4) is 0 Å². The van der Waals surface area contributed by atoms with Crippen LogP contribution in [0.3, 0.4) is 0 Å². The number of carbonyl (C=O) groups is 2. The van der Waals surface area contributed by atoms with E-state index >= 15 is 0 Å². The lowest BCUT2D eigenvalue weighted by Crippen LogP contribution is -2.26. The molecule has 0 aliphatic rings. The van der Waals surface area contributed by atoms with Gasteiger partial charge in [0.1, 0.15) is 12.2 Å². The standard InChI is InChI=1S/C18H25IO5/c1-10-13(7-15(20)21)11(2)17(19)12(3)14(10)8-23-9-16(22)24-18(4,5)6/h7-9H2,1-6H3,(H,20,21). The summed E-state index contributed by atoms with van der Waals surface area (Å²) in [5.74, 6) is -1.27. The molecule has 0 saturated heterocycles. The number of benzene rings is 1. The maximum absolute atomic E-state index is 11.7. The molecule has 0 unspecified atom stereocenters. The fraction of sp³-hybridized carbons (Fsp3) is 0.556. The number of carboxylic acids is 1. The Morgan fingerprint density at radius 2 is 1.58 bits per heavy atom. The van der Waals surface area contributed by atoms with Crippen molar-refractivity contribution in [3.63, 3.8) is 0 Å². The van der Waals surface area contributed by atoms with Gasteiger partial charge in [0.25, 0.3) is 0 Å². The summed E-state index contributed by atoms with van der Waals surface area (Å²) >= 11 is 2.23. The smallest absolute Gasteiger partial charge is 0.332 e. The monoisotopic (exact) mass is 448 g/mol. The summed E-state index contributed by atoms with van der Waals surface area (Å²) in [6.45, 7) is 11.4. The molecule has 0 heterocycles. The quantitative estimate of drug-likeness (QED) is 0.531. The number of rotatable bonds is 6. The molecule has 0 fully saturated rings. The first kappa shape index (κ1) is 20.9. The first-order valence-electron chi connectivity index (χ1n) is 7.72. The second-order valence-corrected chi connectivity index (χ2v) is 7.87. The van der Waals surface area contributed by atoms with E-state index in [1.807, 2.05) is 20.8 Å². The van der Waals surface area contributed by atoms with Crippen LogP contribution in [0.25, 0.3) is 0 Å². The van der Waals surface area contributed by atoms with E-state index in [1.165, 1.54) is 0 Å². The van der Waals surface area contributed by atoms with Crippen LogP contribution in [0.5, 0.6) is 0 Å². The highest BCUT2D eigenvalue weighted by Gasteiger charge is 2.19. The van der Waals surface area contributed by atoms with Gasteiger partial charge < -0.3 is 14.6 Å². The van der Waals surface area contributed by atoms with Crippen LogP contribution in [0.4, 0.5) is 0 Å². The Morgan fingerprint density at radius 1 is 1.04 bits per heavy atom. The van der Waals surface area contributed by atoms with Crippen molar-refractivity contribution in [1.29, 1.82) is 0 Å². The maximum Gasteiger partial charge on any atom is 0.332 e. The van der Waals surface area contributed by atoms with E-state index in [4.69, 9.17) is 14.6 Å². The molecule has 0 spiro atoms. The average molecular weight is 448 g/mol. The summed E-state index contributed by atoms with van der Waals surface area (Å²) in [7, 11) is 0. The van der Waals surface area contributed by atoms with Gasteiger partial charge in [-0.2, -0.15) is 0 Å². The maximum atomic E-state index is 11.7. The van der Waals surface area contributed by atoms with Crippen LogP contribution in [-0.4, -0.2) is 29.3 Å². The van der Waals surface area contributed by atoms with Gasteiger partial charge in [-0.25, -0.2) is 4.79 Å². The zero-order valence-electron chi connectivity index (χ0n) is 15.1. The zero-order chi connectivity index (χ0) is 18.7. The van der Waals surface area contributed by atoms with Gasteiger partial charge in [0.2, 0.25) is 0 Å². The summed E-state index contributed by atoms with van der Waals surface area (Å²) in [4.78, 5) is 22.8. The van der Waals surface area contributed by atoms with Crippen LogP contribution in [0.1, 0.15) is 48.6 Å². The molecule has 0 bridgehead atoms. The van der Waals surface area contributed by atoms with Crippen molar-refractivity contribution in [2.45, 2.75) is 60.2 Å². The largest absolute Gasteiger partial charge is 0.481 e. The first-order chi connectivity index (χ1) is 10.9. The van der Waals surface area contributed by atoms with Gasteiger partial charge in [-0.1, -0.05) is 0 Å². The van der Waals surface area contributed by atoms with Crippen LogP contribution in [-0.2, 0) is 32.1 Å². The molecule has 0 aliphatic heterocycles. The minimum atomic E-state index is -0.860. The second-order valence-electron chi connectivity index (χ2n) is 6.80. The highest BCUT2D eigenvalue weighted by Crippen LogP contribution is 2.29. The summed E-state index contributed by atoms with van der Waals surface area (Å²) in [6, 6.07) is 0. The number of carbonyl (C=O) groups excluding carboxylic acids is 1. The van der Waals surface area contributed by atoms with Gasteiger partial charge >= 0.3 is 11.9 Å². The Hall–Kier alpha value is -1.15. The van der Waals surface area contributed by atoms with E-state index < -0.39 is 17.5 Å². The molecule has 0 aliphatic carbocycles. The van der Waals surface area contributed by atoms with Crippen LogP contribution in [0, 0.1) is 24.3 Å². The van der Waals surface area contributed by atoms with Crippen molar-refractivity contribution < 1.29 is 24.2 Å². The molecule has 0 saturated carbocycles. The van der Waals surface area contributed by atoms with E-state index in [2.05, 4.69) is 22.6 Å². The average Bonchev–Trinajstić information content (AvgIpc) is 2.43. The minimum absolute atomic E-state index is 0.0208. The third-order valence-corrected chi connectivity index (χ3v) is 5.30. The van der Waals surface area contributed by atoms with E-state index in [9.17, 15) is 9.59 Å². The summed E-state index contributed by atoms with van der Waals surface area (Å²) in [5, 5.41) is 9.13. The number of ether oxygens (including phenoxy) is 2. The lowest BCUT2D eigenvalue weighted by molar-refractivity contribution is -0.160. The fourth-order valence-corrected chi connectivity index (χ4v) is 3.18. The third kappa shape index (κ3) is 5.73. The Kier molecular flexibility index (Phi) is 7.22. The molecule has 0 atom stereocenters. The second kappa shape index (κ2) is 8.29. The highest BCUT2D eigenvalue weighted by molar-refractivity contribution is 14.1. The number of aliphatic carboxylic acids is 1. The topological polar surface area (TPSA) is 72.8 Å². The fourth-order valence-electron chi connectivity index (χ4n) is 2.53. The van der Waals surface area contributed by atoms with Crippen LogP contribution < -0.4 is 0 Å². The number of carboxylic acid groups (broad SMARTS) is 1. The van der Waals surface area contributed by atoms with E-state index in [-0.39, 0.29) is 19.6 Å². The predicted molar refractivity (Wildman–Crippen MR) is 100 cm³/mol. The van der Waals surface area contributed by atoms with Crippen LogP contribution in [0.2, 0.25) is 0 Å². The van der Waals surface area contributed by atoms with Gasteiger partial charge in [0.15, 0.2) is 0 Å². The third-order valence-electron chi connectivity index (χ3n) is 3.68. The molecular formula is C18H25IO5. The van der Waals surface area contributed by atoms with E-state index in [0.717, 1.165) is 31.4 Å². The molecule has 0 aromatic heterocycles. The normalized spacial score (nSPS) is 11.5. The number of halogens is 1. The van der Waals surface area contributed by atoms with Gasteiger partial charge in [-0.05, 0) is 92.0 Å².